The number of hydrogen-bond donors (Lipinski definition) is 2. The number of nitrogens with zero attached hydrogens (tertiary/aromatic N) is 2. The first-order valence-corrected chi connectivity index (χ1v) is 8.64. The van der Waals surface area contributed by atoms with Crippen LogP contribution in [0.3, 0.4) is 0 Å². The van der Waals surface area contributed by atoms with Gasteiger partial charge < -0.3 is 15.4 Å². The molecule has 0 aliphatic carbocycles. The summed E-state index contributed by atoms with van der Waals surface area (Å²) in [4.78, 5) is 32.0. The van der Waals surface area contributed by atoms with Gasteiger partial charge in [-0.1, -0.05) is 18.2 Å². The Labute approximate surface area is 162 Å². The number of aryl methyl sites for hydroxylation is 1. The van der Waals surface area contributed by atoms with Crippen molar-refractivity contribution in [2.45, 2.75) is 13.8 Å². The molecule has 1 heterocycles. The molecule has 0 aliphatic heterocycles. The molecule has 0 atom stereocenters. The van der Waals surface area contributed by atoms with E-state index in [0.717, 1.165) is 5.69 Å². The van der Waals surface area contributed by atoms with Crippen LogP contribution in [0.1, 0.15) is 33.5 Å². The normalized spacial score (nSPS) is 10.2. The Bertz CT molecular complexity index is 1030. The molecule has 2 N–H and O–H groups in total. The number of Topliss-reactive ketones (excluding diaryl/α,β-unsaturated/α-hetero) is 1. The van der Waals surface area contributed by atoms with Gasteiger partial charge in [-0.05, 0) is 44.2 Å². The maximum Gasteiger partial charge on any atom is 0.337 e. The number of hydrogen-bond acceptors (Lipinski definition) is 7. The highest BCUT2D eigenvalue weighted by molar-refractivity contribution is 5.95. The first-order valence-electron chi connectivity index (χ1n) is 8.64. The number of rotatable bonds is 6. The van der Waals surface area contributed by atoms with Crippen LogP contribution in [0.2, 0.25) is 0 Å². The van der Waals surface area contributed by atoms with Gasteiger partial charge in [0.05, 0.1) is 12.7 Å². The predicted octanol–water partition coefficient (Wildman–Crippen LogP) is 4.26. The topological polar surface area (TPSA) is 93.2 Å². The molecule has 7 nitrogen and oxygen atoms in total. The van der Waals surface area contributed by atoms with Gasteiger partial charge in [-0.25, -0.2) is 14.8 Å². The van der Waals surface area contributed by atoms with Gasteiger partial charge in [0, 0.05) is 23.0 Å². The summed E-state index contributed by atoms with van der Waals surface area (Å²) in [6.07, 6.45) is 0. The molecule has 3 rings (SSSR count). The van der Waals surface area contributed by atoms with E-state index >= 15 is 0 Å². The van der Waals surface area contributed by atoms with Crippen LogP contribution in [-0.4, -0.2) is 28.8 Å². The van der Waals surface area contributed by atoms with E-state index in [4.69, 9.17) is 4.74 Å². The average Bonchev–Trinajstić information content (AvgIpc) is 2.67. The van der Waals surface area contributed by atoms with Crippen LogP contribution < -0.4 is 10.6 Å². The summed E-state index contributed by atoms with van der Waals surface area (Å²) in [6, 6.07) is 15.9. The minimum absolute atomic E-state index is 0.00429. The summed E-state index contributed by atoms with van der Waals surface area (Å²) >= 11 is 0. The van der Waals surface area contributed by atoms with Gasteiger partial charge in [0.15, 0.2) is 5.78 Å². The average molecular weight is 376 g/mol. The van der Waals surface area contributed by atoms with Crippen molar-refractivity contribution in [2.75, 3.05) is 17.7 Å². The van der Waals surface area contributed by atoms with Gasteiger partial charge in [-0.3, -0.25) is 4.79 Å². The van der Waals surface area contributed by atoms with Crippen LogP contribution in [0.25, 0.3) is 0 Å². The number of methoxy groups -OCH3 is 1. The number of ketones is 1. The Hall–Kier alpha value is -3.74. The molecule has 0 aliphatic rings. The minimum atomic E-state index is -0.407. The van der Waals surface area contributed by atoms with Crippen molar-refractivity contribution in [2.24, 2.45) is 0 Å². The highest BCUT2D eigenvalue weighted by Crippen LogP contribution is 2.22. The highest BCUT2D eigenvalue weighted by Gasteiger charge is 2.08. The van der Waals surface area contributed by atoms with E-state index in [-0.39, 0.29) is 5.78 Å². The van der Waals surface area contributed by atoms with Crippen molar-refractivity contribution in [3.63, 3.8) is 0 Å². The van der Waals surface area contributed by atoms with Crippen molar-refractivity contribution in [3.8, 4) is 0 Å². The lowest BCUT2D eigenvalue weighted by Crippen LogP contribution is -2.04. The third-order valence-corrected chi connectivity index (χ3v) is 3.94. The van der Waals surface area contributed by atoms with Gasteiger partial charge in [0.25, 0.3) is 0 Å². The molecule has 2 aromatic carbocycles. The van der Waals surface area contributed by atoms with Crippen molar-refractivity contribution in [1.82, 2.24) is 9.97 Å². The lowest BCUT2D eigenvalue weighted by atomic mass is 10.1. The maximum atomic E-state index is 11.7. The standard InChI is InChI=1S/C21H20N4O3/c1-13(26)15-6-4-8-17(10-15)24-19-12-20(23-14(2)22-19)25-18-9-5-7-16(11-18)21(27)28-3/h4-12H,1-3H3,(H2,22,23,24,25). The Morgan fingerprint density at radius 1 is 0.857 bits per heavy atom. The second-order valence-electron chi connectivity index (χ2n) is 6.15. The van der Waals surface area contributed by atoms with Crippen LogP contribution in [0.4, 0.5) is 23.0 Å². The Morgan fingerprint density at radius 3 is 1.93 bits per heavy atom. The fraction of sp³-hybridized carbons (Fsp3) is 0.143. The van der Waals surface area contributed by atoms with Crippen LogP contribution >= 0.6 is 0 Å². The summed E-state index contributed by atoms with van der Waals surface area (Å²) < 4.78 is 4.75. The van der Waals surface area contributed by atoms with Gasteiger partial charge in [0.1, 0.15) is 17.5 Å². The summed E-state index contributed by atoms with van der Waals surface area (Å²) in [7, 11) is 1.34. The molecule has 0 amide bonds. The van der Waals surface area contributed by atoms with E-state index in [1.54, 1.807) is 43.3 Å². The monoisotopic (exact) mass is 376 g/mol. The van der Waals surface area contributed by atoms with E-state index in [0.29, 0.717) is 34.3 Å². The number of aromatic nitrogens is 2. The fourth-order valence-electron chi connectivity index (χ4n) is 2.65. The molecular weight excluding hydrogens is 356 g/mol. The number of anilines is 4. The molecule has 0 saturated carbocycles. The predicted molar refractivity (Wildman–Crippen MR) is 108 cm³/mol. The first kappa shape index (κ1) is 19.0. The lowest BCUT2D eigenvalue weighted by molar-refractivity contribution is 0.0600. The van der Waals surface area contributed by atoms with Crippen LogP contribution in [0.15, 0.2) is 54.6 Å². The van der Waals surface area contributed by atoms with Crippen LogP contribution in [-0.2, 0) is 4.74 Å². The highest BCUT2D eigenvalue weighted by atomic mass is 16.5. The smallest absolute Gasteiger partial charge is 0.337 e. The molecule has 1 aromatic heterocycles. The quantitative estimate of drug-likeness (QED) is 0.490. The van der Waals surface area contributed by atoms with Crippen molar-refractivity contribution >= 4 is 34.8 Å². The number of carbonyl (C=O) groups excluding carboxylic acids is 2. The molecule has 0 bridgehead atoms. The first-order chi connectivity index (χ1) is 13.4. The number of carbonyl (C=O) groups is 2. The number of ether oxygens (including phenoxy) is 1. The Balaban J connectivity index is 1.83. The van der Waals surface area contributed by atoms with Gasteiger partial charge in [-0.15, -0.1) is 0 Å². The number of esters is 1. The van der Waals surface area contributed by atoms with Crippen molar-refractivity contribution in [3.05, 3.63) is 71.5 Å². The summed E-state index contributed by atoms with van der Waals surface area (Å²) in [5.41, 5.74) is 2.52. The zero-order valence-electron chi connectivity index (χ0n) is 15.8. The van der Waals surface area contributed by atoms with E-state index in [9.17, 15) is 9.59 Å². The third-order valence-electron chi connectivity index (χ3n) is 3.94. The zero-order chi connectivity index (χ0) is 20.1. The third kappa shape index (κ3) is 4.70. The Morgan fingerprint density at radius 2 is 1.39 bits per heavy atom. The summed E-state index contributed by atoms with van der Waals surface area (Å²) in [6.45, 7) is 3.31. The second kappa shape index (κ2) is 8.30. The zero-order valence-corrected chi connectivity index (χ0v) is 15.8. The van der Waals surface area contributed by atoms with Crippen molar-refractivity contribution < 1.29 is 14.3 Å². The SMILES string of the molecule is COC(=O)c1cccc(Nc2cc(Nc3cccc(C(C)=O)c3)nc(C)n2)c1. The second-order valence-corrected chi connectivity index (χ2v) is 6.15. The molecule has 0 radical (unpaired) electrons. The van der Waals surface area contributed by atoms with E-state index < -0.39 is 5.97 Å². The fourth-order valence-corrected chi connectivity index (χ4v) is 2.65. The van der Waals surface area contributed by atoms with E-state index in [1.807, 2.05) is 18.2 Å². The molecule has 142 valence electrons. The molecule has 7 heteroatoms. The molecule has 0 unspecified atom stereocenters. The minimum Gasteiger partial charge on any atom is -0.465 e. The largest absolute Gasteiger partial charge is 0.465 e. The molecule has 3 aromatic rings. The number of nitrogens with one attached hydrogen (secondary N) is 2. The van der Waals surface area contributed by atoms with E-state index in [2.05, 4.69) is 20.6 Å². The van der Waals surface area contributed by atoms with Crippen LogP contribution in [0, 0.1) is 6.92 Å². The molecule has 0 saturated heterocycles. The maximum absolute atomic E-state index is 11.7. The molecule has 28 heavy (non-hydrogen) atoms. The van der Waals surface area contributed by atoms with E-state index in [1.165, 1.54) is 14.0 Å². The van der Waals surface area contributed by atoms with Gasteiger partial charge >= 0.3 is 5.97 Å². The van der Waals surface area contributed by atoms with Crippen molar-refractivity contribution in [1.29, 1.82) is 0 Å². The van der Waals surface area contributed by atoms with Gasteiger partial charge in [0.2, 0.25) is 0 Å². The van der Waals surface area contributed by atoms with Gasteiger partial charge in [-0.2, -0.15) is 0 Å². The Kier molecular flexibility index (Phi) is 5.64. The summed E-state index contributed by atoms with van der Waals surface area (Å²) in [5.74, 6) is 1.31. The lowest BCUT2D eigenvalue weighted by Gasteiger charge is -2.11. The van der Waals surface area contributed by atoms with Crippen LogP contribution in [0.5, 0.6) is 0 Å². The molecular formula is C21H20N4O3. The summed E-state index contributed by atoms with van der Waals surface area (Å²) in [5, 5.41) is 6.35. The molecule has 0 fully saturated rings. The number of benzene rings is 2. The molecule has 0 spiro atoms.